The van der Waals surface area contributed by atoms with Gasteiger partial charge in [-0.1, -0.05) is 187 Å². The monoisotopic (exact) mass is 787 g/mol. The fourth-order valence-electron chi connectivity index (χ4n) is 6.80. The number of allylic oxidation sites excluding steroid dienone is 2. The molecule has 0 aromatic carbocycles. The van der Waals surface area contributed by atoms with Crippen LogP contribution in [0.15, 0.2) is 12.2 Å². The highest BCUT2D eigenvalue weighted by Gasteiger charge is 2.24. The van der Waals surface area contributed by atoms with E-state index in [1.807, 2.05) is 21.1 Å². The fraction of sp³-hybridized carbons (Fsp3) is 0.933. The van der Waals surface area contributed by atoms with Crippen LogP contribution in [0.1, 0.15) is 219 Å². The zero-order valence-electron chi connectivity index (χ0n) is 36.4. The summed E-state index contributed by atoms with van der Waals surface area (Å²) in [6.45, 7) is 4.68. The molecule has 0 radical (unpaired) electrons. The SMILES string of the molecule is CCCCCCCCCC/C=C\CCCCCCCCCCCCCCCC(=O)NC(COP(=O)([O-])OCC[N+](C)(C)C)C(O)CCCCCCCCC. The zero-order valence-corrected chi connectivity index (χ0v) is 37.3. The lowest BCUT2D eigenvalue weighted by Crippen LogP contribution is -2.46. The number of likely N-dealkylation sites (N-methyl/N-ethyl adjacent to an activating group) is 1. The Hall–Kier alpha value is -0.760. The number of carbonyl (C=O) groups is 1. The van der Waals surface area contributed by atoms with Gasteiger partial charge in [0.1, 0.15) is 13.2 Å². The van der Waals surface area contributed by atoms with Crippen LogP contribution in [0.2, 0.25) is 0 Å². The van der Waals surface area contributed by atoms with Crippen LogP contribution < -0.4 is 10.2 Å². The molecule has 0 saturated heterocycles. The second kappa shape index (κ2) is 37.8. The number of hydrogen-bond acceptors (Lipinski definition) is 6. The topological polar surface area (TPSA) is 108 Å². The van der Waals surface area contributed by atoms with E-state index in [4.69, 9.17) is 9.05 Å². The van der Waals surface area contributed by atoms with E-state index in [2.05, 4.69) is 31.3 Å². The number of rotatable bonds is 42. The third-order valence-electron chi connectivity index (χ3n) is 10.5. The van der Waals surface area contributed by atoms with Crippen molar-refractivity contribution in [2.45, 2.75) is 231 Å². The normalized spacial score (nSPS) is 14.4. The Labute approximate surface area is 335 Å². The maximum atomic E-state index is 12.8. The number of hydrogen-bond donors (Lipinski definition) is 2. The van der Waals surface area contributed by atoms with Crippen LogP contribution >= 0.6 is 7.82 Å². The largest absolute Gasteiger partial charge is 0.756 e. The molecule has 8 nitrogen and oxygen atoms in total. The lowest BCUT2D eigenvalue weighted by molar-refractivity contribution is -0.870. The van der Waals surface area contributed by atoms with Crippen molar-refractivity contribution < 1.29 is 32.9 Å². The highest BCUT2D eigenvalue weighted by atomic mass is 31.2. The van der Waals surface area contributed by atoms with Crippen LogP contribution in [0.4, 0.5) is 0 Å². The van der Waals surface area contributed by atoms with Crippen LogP contribution in [0.3, 0.4) is 0 Å². The molecule has 9 heteroatoms. The summed E-state index contributed by atoms with van der Waals surface area (Å²) in [6, 6.07) is -0.793. The van der Waals surface area contributed by atoms with Gasteiger partial charge in [0.2, 0.25) is 5.91 Å². The van der Waals surface area contributed by atoms with Crippen molar-refractivity contribution in [3.63, 3.8) is 0 Å². The molecule has 54 heavy (non-hydrogen) atoms. The second-order valence-electron chi connectivity index (χ2n) is 17.1. The molecule has 0 saturated carbocycles. The van der Waals surface area contributed by atoms with Gasteiger partial charge in [-0.2, -0.15) is 0 Å². The number of amides is 1. The maximum absolute atomic E-state index is 12.8. The van der Waals surface area contributed by atoms with Gasteiger partial charge in [0.25, 0.3) is 7.82 Å². The van der Waals surface area contributed by atoms with E-state index in [9.17, 15) is 19.4 Å². The molecule has 0 aromatic rings. The Kier molecular flexibility index (Phi) is 37.3. The van der Waals surface area contributed by atoms with E-state index in [1.165, 1.54) is 154 Å². The average Bonchev–Trinajstić information content (AvgIpc) is 3.12. The molecule has 3 atom stereocenters. The Bertz CT molecular complexity index is 896. The van der Waals surface area contributed by atoms with Gasteiger partial charge in [-0.25, -0.2) is 0 Å². The maximum Gasteiger partial charge on any atom is 0.268 e. The predicted octanol–water partition coefficient (Wildman–Crippen LogP) is 12.1. The van der Waals surface area contributed by atoms with Crippen LogP contribution in [0.25, 0.3) is 0 Å². The van der Waals surface area contributed by atoms with E-state index in [0.29, 0.717) is 23.9 Å². The first kappa shape index (κ1) is 53.2. The van der Waals surface area contributed by atoms with E-state index >= 15 is 0 Å². The minimum absolute atomic E-state index is 0.0137. The lowest BCUT2D eigenvalue weighted by atomic mass is 10.0. The average molecular weight is 787 g/mol. The molecule has 0 aliphatic carbocycles. The summed E-state index contributed by atoms with van der Waals surface area (Å²) < 4.78 is 23.1. The van der Waals surface area contributed by atoms with Gasteiger partial charge < -0.3 is 28.8 Å². The van der Waals surface area contributed by atoms with Crippen molar-refractivity contribution >= 4 is 13.7 Å². The van der Waals surface area contributed by atoms with Crippen molar-refractivity contribution in [3.8, 4) is 0 Å². The molecule has 0 bridgehead atoms. The lowest BCUT2D eigenvalue weighted by Gasteiger charge is -2.30. The van der Waals surface area contributed by atoms with E-state index < -0.39 is 20.0 Å². The number of aliphatic hydroxyl groups excluding tert-OH is 1. The third-order valence-corrected chi connectivity index (χ3v) is 11.5. The second-order valence-corrected chi connectivity index (χ2v) is 18.5. The Morgan fingerprint density at radius 2 is 1.02 bits per heavy atom. The molecule has 0 rings (SSSR count). The summed E-state index contributed by atoms with van der Waals surface area (Å²) in [6.07, 6.45) is 42.5. The third kappa shape index (κ3) is 39.5. The number of phosphoric acid groups is 1. The van der Waals surface area contributed by atoms with E-state index in [0.717, 1.165) is 38.5 Å². The Balaban J connectivity index is 4.02. The van der Waals surface area contributed by atoms with E-state index in [1.54, 1.807) is 0 Å². The Morgan fingerprint density at radius 1 is 0.630 bits per heavy atom. The van der Waals surface area contributed by atoms with Gasteiger partial charge in [0, 0.05) is 6.42 Å². The standard InChI is InChI=1S/C45H91N2O6P/c1-6-8-10-12-14-15-16-17-18-19-20-21-22-23-24-25-26-27-28-29-30-31-33-35-37-39-45(49)46-43(44(48)38-36-34-32-13-11-9-7-2)42-53-54(50,51)52-41-40-47(3,4)5/h19-20,43-44,48H,6-18,21-42H2,1-5H3,(H-,46,49,50,51)/b20-19-. The van der Waals surface area contributed by atoms with Gasteiger partial charge in [-0.15, -0.1) is 0 Å². The molecule has 3 unspecified atom stereocenters. The highest BCUT2D eigenvalue weighted by molar-refractivity contribution is 7.45. The summed E-state index contributed by atoms with van der Waals surface area (Å²) in [4.78, 5) is 25.2. The fourth-order valence-corrected chi connectivity index (χ4v) is 7.52. The van der Waals surface area contributed by atoms with Crippen molar-refractivity contribution in [2.24, 2.45) is 0 Å². The van der Waals surface area contributed by atoms with Crippen LogP contribution in [-0.4, -0.2) is 68.5 Å². The minimum atomic E-state index is -4.55. The molecule has 322 valence electrons. The van der Waals surface area contributed by atoms with Gasteiger partial charge in [-0.3, -0.25) is 9.36 Å². The highest BCUT2D eigenvalue weighted by Crippen LogP contribution is 2.38. The van der Waals surface area contributed by atoms with Crippen LogP contribution in [-0.2, 0) is 18.4 Å². The first-order valence-corrected chi connectivity index (χ1v) is 24.5. The molecule has 0 aromatic heterocycles. The molecule has 0 aliphatic heterocycles. The number of phosphoric ester groups is 1. The summed E-state index contributed by atoms with van der Waals surface area (Å²) in [7, 11) is 1.31. The first-order chi connectivity index (χ1) is 26.0. The van der Waals surface area contributed by atoms with Crippen molar-refractivity contribution in [1.29, 1.82) is 0 Å². The zero-order chi connectivity index (χ0) is 40.0. The van der Waals surface area contributed by atoms with Gasteiger partial charge >= 0.3 is 0 Å². The summed E-state index contributed by atoms with van der Waals surface area (Å²) in [5.74, 6) is -0.167. The quantitative estimate of drug-likeness (QED) is 0.0276. The molecule has 1 amide bonds. The number of nitrogens with zero attached hydrogens (tertiary/aromatic N) is 1. The molecule has 0 heterocycles. The van der Waals surface area contributed by atoms with E-state index in [-0.39, 0.29) is 19.1 Å². The summed E-state index contributed by atoms with van der Waals surface area (Å²) in [5.41, 5.74) is 0. The predicted molar refractivity (Wildman–Crippen MR) is 229 cm³/mol. The first-order valence-electron chi connectivity index (χ1n) is 23.0. The van der Waals surface area contributed by atoms with Crippen molar-refractivity contribution in [2.75, 3.05) is 40.9 Å². The van der Waals surface area contributed by atoms with Crippen molar-refractivity contribution in [1.82, 2.24) is 5.32 Å². The molecule has 0 fully saturated rings. The molecule has 2 N–H and O–H groups in total. The van der Waals surface area contributed by atoms with Gasteiger partial charge in [-0.05, 0) is 38.5 Å². The molecular formula is C45H91N2O6P. The number of quaternary nitrogens is 1. The van der Waals surface area contributed by atoms with Crippen molar-refractivity contribution in [3.05, 3.63) is 12.2 Å². The minimum Gasteiger partial charge on any atom is -0.756 e. The number of carbonyl (C=O) groups excluding carboxylic acids is 1. The Morgan fingerprint density at radius 3 is 1.44 bits per heavy atom. The number of unbranched alkanes of at least 4 members (excludes halogenated alkanes) is 27. The molecule has 0 aliphatic rings. The smallest absolute Gasteiger partial charge is 0.268 e. The number of nitrogens with one attached hydrogen (secondary N) is 1. The molecular weight excluding hydrogens is 695 g/mol. The summed E-state index contributed by atoms with van der Waals surface area (Å²) >= 11 is 0. The molecule has 0 spiro atoms. The van der Waals surface area contributed by atoms with Gasteiger partial charge in [0.05, 0.1) is 39.9 Å². The van der Waals surface area contributed by atoms with Gasteiger partial charge in [0.15, 0.2) is 0 Å². The van der Waals surface area contributed by atoms with Crippen LogP contribution in [0.5, 0.6) is 0 Å². The summed E-state index contributed by atoms with van der Waals surface area (Å²) in [5, 5.41) is 13.8. The van der Waals surface area contributed by atoms with Crippen LogP contribution in [0, 0.1) is 0 Å². The number of aliphatic hydroxyl groups is 1.